The summed E-state index contributed by atoms with van der Waals surface area (Å²) in [6.45, 7) is 19.6. The maximum Gasteiger partial charge on any atom is 0.230 e. The first kappa shape index (κ1) is 39.5. The zero-order valence-electron chi connectivity index (χ0n) is 32.5. The number of para-hydroxylation sites is 2. The van der Waals surface area contributed by atoms with Gasteiger partial charge in [-0.2, -0.15) is 19.9 Å². The Bertz CT molecular complexity index is 2380. The Kier molecular flexibility index (Phi) is 13.4. The average Bonchev–Trinajstić information content (AvgIpc) is 3.78. The fourth-order valence-electron chi connectivity index (χ4n) is 5.49. The van der Waals surface area contributed by atoms with Gasteiger partial charge in [0.1, 0.15) is 33.3 Å². The van der Waals surface area contributed by atoms with E-state index < -0.39 is 0 Å². The van der Waals surface area contributed by atoms with E-state index in [0.717, 1.165) is 49.1 Å². The van der Waals surface area contributed by atoms with Crippen LogP contribution >= 0.6 is 22.7 Å². The number of thiazole rings is 2. The van der Waals surface area contributed by atoms with Crippen LogP contribution in [-0.2, 0) is 0 Å². The lowest BCUT2D eigenvalue weighted by atomic mass is 10.1. The second-order valence-corrected chi connectivity index (χ2v) is 13.9. The van der Waals surface area contributed by atoms with E-state index in [-0.39, 0.29) is 0 Å². The molecule has 0 aliphatic heterocycles. The third-order valence-electron chi connectivity index (χ3n) is 7.74. The minimum absolute atomic E-state index is 0.559. The topological polar surface area (TPSA) is 127 Å². The third-order valence-corrected chi connectivity index (χ3v) is 9.88. The molecule has 0 saturated carbocycles. The van der Waals surface area contributed by atoms with Gasteiger partial charge in [0, 0.05) is 22.5 Å². The molecule has 0 unspecified atom stereocenters. The Balaban J connectivity index is 0.000000190. The lowest BCUT2D eigenvalue weighted by Gasteiger charge is -2.09. The van der Waals surface area contributed by atoms with Crippen molar-refractivity contribution in [1.29, 1.82) is 0 Å². The van der Waals surface area contributed by atoms with Crippen LogP contribution in [0.3, 0.4) is 0 Å². The van der Waals surface area contributed by atoms with E-state index in [1.54, 1.807) is 22.7 Å². The van der Waals surface area contributed by atoms with Crippen LogP contribution in [0.2, 0.25) is 0 Å². The average molecular weight is 755 g/mol. The summed E-state index contributed by atoms with van der Waals surface area (Å²) < 4.78 is 2.40. The molecule has 8 rings (SSSR count). The molecular weight excluding hydrogens is 709 g/mol. The Morgan fingerprint density at radius 2 is 0.833 bits per heavy atom. The molecule has 12 heteroatoms. The van der Waals surface area contributed by atoms with E-state index in [1.807, 2.05) is 104 Å². The largest absolute Gasteiger partial charge is 0.324 e. The molecule has 2 N–H and O–H groups in total. The van der Waals surface area contributed by atoms with E-state index in [9.17, 15) is 0 Å². The fraction of sp³-hybridized carbons (Fsp3) is 0.238. The fourth-order valence-corrected chi connectivity index (χ4v) is 7.59. The molecule has 10 nitrogen and oxygen atoms in total. The SMILES string of the molecule is CC.CC.Cc1nc(C)nc(Nc2ccc(-c3nc4ccccc4s3)c(C)c2)n1.Cc1nc(C)nc(Nc2ccc(C)c(-c3nc4ccccc4s3)c2)n1. The number of nitrogens with one attached hydrogen (secondary N) is 2. The molecule has 0 aliphatic carbocycles. The predicted molar refractivity (Wildman–Crippen MR) is 227 cm³/mol. The summed E-state index contributed by atoms with van der Waals surface area (Å²) in [6.07, 6.45) is 0. The van der Waals surface area contributed by atoms with E-state index in [0.29, 0.717) is 35.2 Å². The number of hydrogen-bond donors (Lipinski definition) is 2. The third kappa shape index (κ3) is 9.82. The van der Waals surface area contributed by atoms with Gasteiger partial charge in [0.15, 0.2) is 0 Å². The van der Waals surface area contributed by atoms with Crippen molar-refractivity contribution in [2.75, 3.05) is 10.6 Å². The summed E-state index contributed by atoms with van der Waals surface area (Å²) in [7, 11) is 0. The molecule has 0 atom stereocenters. The highest BCUT2D eigenvalue weighted by Gasteiger charge is 2.12. The van der Waals surface area contributed by atoms with Crippen molar-refractivity contribution < 1.29 is 0 Å². The summed E-state index contributed by atoms with van der Waals surface area (Å²) in [5.41, 5.74) is 8.57. The van der Waals surface area contributed by atoms with Crippen LogP contribution in [0, 0.1) is 41.5 Å². The first-order chi connectivity index (χ1) is 26.2. The van der Waals surface area contributed by atoms with Gasteiger partial charge in [-0.25, -0.2) is 19.9 Å². The second kappa shape index (κ2) is 18.4. The lowest BCUT2D eigenvalue weighted by molar-refractivity contribution is 0.927. The van der Waals surface area contributed by atoms with Gasteiger partial charge in [-0.05, 0) is 107 Å². The van der Waals surface area contributed by atoms with Gasteiger partial charge < -0.3 is 10.6 Å². The molecule has 4 aromatic carbocycles. The van der Waals surface area contributed by atoms with Crippen molar-refractivity contribution in [2.24, 2.45) is 0 Å². The van der Waals surface area contributed by atoms with E-state index in [2.05, 4.69) is 90.8 Å². The smallest absolute Gasteiger partial charge is 0.230 e. The predicted octanol–water partition coefficient (Wildman–Crippen LogP) is 11.7. The highest BCUT2D eigenvalue weighted by Crippen LogP contribution is 2.35. The molecule has 0 spiro atoms. The molecule has 0 saturated heterocycles. The van der Waals surface area contributed by atoms with Crippen molar-refractivity contribution in [3.05, 3.63) is 119 Å². The minimum atomic E-state index is 0.559. The maximum atomic E-state index is 4.77. The Hall–Kier alpha value is -5.72. The van der Waals surface area contributed by atoms with E-state index >= 15 is 0 Å². The zero-order valence-corrected chi connectivity index (χ0v) is 34.1. The molecule has 54 heavy (non-hydrogen) atoms. The number of anilines is 4. The maximum absolute atomic E-state index is 4.77. The van der Waals surface area contributed by atoms with Gasteiger partial charge in [0.2, 0.25) is 11.9 Å². The Morgan fingerprint density at radius 1 is 0.407 bits per heavy atom. The molecule has 0 radical (unpaired) electrons. The molecule has 4 aromatic heterocycles. The number of benzene rings is 4. The molecule has 0 bridgehead atoms. The lowest BCUT2D eigenvalue weighted by Crippen LogP contribution is -2.03. The number of rotatable bonds is 6. The first-order valence-corrected chi connectivity index (χ1v) is 19.7. The Labute approximate surface area is 325 Å². The van der Waals surface area contributed by atoms with Crippen molar-refractivity contribution >= 4 is 66.4 Å². The van der Waals surface area contributed by atoms with Gasteiger partial charge in [-0.1, -0.05) is 58.0 Å². The van der Waals surface area contributed by atoms with Crippen LogP contribution in [0.25, 0.3) is 41.6 Å². The summed E-state index contributed by atoms with van der Waals surface area (Å²) in [6, 6.07) is 28.9. The monoisotopic (exact) mass is 754 g/mol. The van der Waals surface area contributed by atoms with Gasteiger partial charge in [-0.15, -0.1) is 22.7 Å². The highest BCUT2D eigenvalue weighted by molar-refractivity contribution is 7.22. The van der Waals surface area contributed by atoms with Crippen LogP contribution in [0.15, 0.2) is 84.9 Å². The molecule has 0 aliphatic rings. The van der Waals surface area contributed by atoms with Gasteiger partial charge in [0.25, 0.3) is 0 Å². The quantitative estimate of drug-likeness (QED) is 0.169. The Morgan fingerprint density at radius 3 is 1.30 bits per heavy atom. The molecule has 4 heterocycles. The molecular formula is C42H46N10S2. The molecule has 8 aromatic rings. The highest BCUT2D eigenvalue weighted by atomic mass is 32.1. The summed E-state index contributed by atoms with van der Waals surface area (Å²) >= 11 is 3.42. The minimum Gasteiger partial charge on any atom is -0.324 e. The van der Waals surface area contributed by atoms with E-state index in [4.69, 9.17) is 9.97 Å². The second-order valence-electron chi connectivity index (χ2n) is 11.8. The first-order valence-electron chi connectivity index (χ1n) is 18.0. The summed E-state index contributed by atoms with van der Waals surface area (Å²) in [5.74, 6) is 3.94. The van der Waals surface area contributed by atoms with Crippen LogP contribution < -0.4 is 10.6 Å². The molecule has 276 valence electrons. The summed E-state index contributed by atoms with van der Waals surface area (Å²) in [5, 5.41) is 8.58. The zero-order chi connectivity index (χ0) is 38.8. The van der Waals surface area contributed by atoms with Crippen molar-refractivity contribution in [1.82, 2.24) is 39.9 Å². The van der Waals surface area contributed by atoms with Crippen molar-refractivity contribution in [3.63, 3.8) is 0 Å². The number of aromatic nitrogens is 8. The number of hydrogen-bond acceptors (Lipinski definition) is 12. The van der Waals surface area contributed by atoms with Gasteiger partial charge in [0.05, 0.1) is 20.4 Å². The molecule has 0 fully saturated rings. The number of aryl methyl sites for hydroxylation is 6. The van der Waals surface area contributed by atoms with Crippen LogP contribution in [0.1, 0.15) is 62.1 Å². The molecule has 0 amide bonds. The number of fused-ring (bicyclic) bond motifs is 2. The normalized spacial score (nSPS) is 10.4. The van der Waals surface area contributed by atoms with Gasteiger partial charge in [-0.3, -0.25) is 0 Å². The summed E-state index contributed by atoms with van der Waals surface area (Å²) in [4.78, 5) is 35.3. The van der Waals surface area contributed by atoms with Crippen LogP contribution in [0.4, 0.5) is 23.3 Å². The van der Waals surface area contributed by atoms with E-state index in [1.165, 1.54) is 15.0 Å². The van der Waals surface area contributed by atoms with Crippen molar-refractivity contribution in [2.45, 2.75) is 69.2 Å². The van der Waals surface area contributed by atoms with Crippen LogP contribution in [0.5, 0.6) is 0 Å². The van der Waals surface area contributed by atoms with Crippen LogP contribution in [-0.4, -0.2) is 39.9 Å². The standard InChI is InChI=1S/2C19H17N5S.2C2H6/c1-11-10-14(23-19-21-12(2)20-13(3)22-19)8-9-15(11)18-24-16-6-4-5-7-17(16)25-18;1-11-8-9-14(23-19-21-12(2)20-13(3)22-19)10-15(11)18-24-16-6-4-5-7-17(16)25-18;2*1-2/h2*4-10H,1-3H3,(H,20,21,22,23);2*1-2H3. The van der Waals surface area contributed by atoms with Crippen molar-refractivity contribution in [3.8, 4) is 21.1 Å². The van der Waals surface area contributed by atoms with Gasteiger partial charge >= 0.3 is 0 Å². The number of nitrogens with zero attached hydrogens (tertiary/aromatic N) is 8.